The molecular formula is C14H25N2O2P. The van der Waals surface area contributed by atoms with E-state index in [1.54, 1.807) is 14.2 Å². The standard InChI is InChI=1S/C14H25N2O2P/c1-10(2)15-6-7-16(3)12-8-11(17-4)9-13(18-5)14(12)19/h8-10,15H,6-7,19H2,1-5H3. The minimum absolute atomic E-state index is 0.503. The van der Waals surface area contributed by atoms with Crippen LogP contribution in [-0.4, -0.2) is 40.4 Å². The Bertz CT molecular complexity index is 411. The number of likely N-dealkylation sites (N-methyl/N-ethyl adjacent to an activating group) is 1. The lowest BCUT2D eigenvalue weighted by molar-refractivity contribution is 0.396. The van der Waals surface area contributed by atoms with E-state index in [0.717, 1.165) is 35.6 Å². The van der Waals surface area contributed by atoms with E-state index in [9.17, 15) is 0 Å². The number of hydrogen-bond donors (Lipinski definition) is 1. The van der Waals surface area contributed by atoms with Gasteiger partial charge in [-0.25, -0.2) is 0 Å². The predicted molar refractivity (Wildman–Crippen MR) is 85.3 cm³/mol. The Morgan fingerprint density at radius 1 is 1.26 bits per heavy atom. The zero-order valence-corrected chi connectivity index (χ0v) is 13.6. The molecule has 19 heavy (non-hydrogen) atoms. The van der Waals surface area contributed by atoms with Gasteiger partial charge in [0, 0.05) is 43.6 Å². The van der Waals surface area contributed by atoms with Crippen LogP contribution in [0, 0.1) is 0 Å². The maximum atomic E-state index is 5.38. The minimum Gasteiger partial charge on any atom is -0.497 e. The third-order valence-corrected chi connectivity index (χ3v) is 3.54. The van der Waals surface area contributed by atoms with Crippen molar-refractivity contribution in [3.05, 3.63) is 12.1 Å². The molecule has 0 saturated heterocycles. The average molecular weight is 284 g/mol. The van der Waals surface area contributed by atoms with Gasteiger partial charge in [0.15, 0.2) is 0 Å². The highest BCUT2D eigenvalue weighted by molar-refractivity contribution is 7.28. The molecule has 0 spiro atoms. The normalized spacial score (nSPS) is 10.7. The lowest BCUT2D eigenvalue weighted by atomic mass is 10.2. The molecule has 0 aliphatic rings. The van der Waals surface area contributed by atoms with Crippen LogP contribution in [0.2, 0.25) is 0 Å². The fourth-order valence-corrected chi connectivity index (χ4v) is 2.34. The molecule has 1 aromatic carbocycles. The van der Waals surface area contributed by atoms with E-state index in [2.05, 4.69) is 40.4 Å². The minimum atomic E-state index is 0.503. The van der Waals surface area contributed by atoms with E-state index in [4.69, 9.17) is 9.47 Å². The molecule has 0 amide bonds. The summed E-state index contributed by atoms with van der Waals surface area (Å²) in [5.74, 6) is 1.63. The lowest BCUT2D eigenvalue weighted by Crippen LogP contribution is -2.34. The third kappa shape index (κ3) is 4.55. The van der Waals surface area contributed by atoms with Gasteiger partial charge < -0.3 is 19.7 Å². The van der Waals surface area contributed by atoms with Gasteiger partial charge in [0.1, 0.15) is 11.5 Å². The van der Waals surface area contributed by atoms with Gasteiger partial charge in [0.05, 0.1) is 19.9 Å². The van der Waals surface area contributed by atoms with Crippen LogP contribution in [0.3, 0.4) is 0 Å². The first kappa shape index (κ1) is 16.1. The molecule has 0 radical (unpaired) electrons. The number of hydrogen-bond acceptors (Lipinski definition) is 4. The summed E-state index contributed by atoms with van der Waals surface area (Å²) in [5, 5.41) is 4.46. The van der Waals surface area contributed by atoms with Gasteiger partial charge >= 0.3 is 0 Å². The molecule has 5 heteroatoms. The number of rotatable bonds is 7. The Kier molecular flexibility index (Phi) is 6.40. The second kappa shape index (κ2) is 7.56. The second-order valence-electron chi connectivity index (χ2n) is 4.79. The van der Waals surface area contributed by atoms with Crippen LogP contribution in [0.25, 0.3) is 0 Å². The molecule has 0 fully saturated rings. The van der Waals surface area contributed by atoms with Crippen molar-refractivity contribution in [3.8, 4) is 11.5 Å². The number of benzene rings is 1. The quantitative estimate of drug-likeness (QED) is 0.772. The van der Waals surface area contributed by atoms with Crippen LogP contribution in [0.5, 0.6) is 11.5 Å². The Morgan fingerprint density at radius 3 is 2.47 bits per heavy atom. The summed E-state index contributed by atoms with van der Waals surface area (Å²) >= 11 is 0. The first-order valence-electron chi connectivity index (χ1n) is 6.45. The fraction of sp³-hybridized carbons (Fsp3) is 0.571. The molecule has 1 atom stereocenters. The highest BCUT2D eigenvalue weighted by Gasteiger charge is 2.12. The van der Waals surface area contributed by atoms with Crippen molar-refractivity contribution < 1.29 is 9.47 Å². The monoisotopic (exact) mass is 284 g/mol. The van der Waals surface area contributed by atoms with E-state index in [-0.39, 0.29) is 0 Å². The molecule has 0 saturated carbocycles. The Morgan fingerprint density at radius 2 is 1.95 bits per heavy atom. The van der Waals surface area contributed by atoms with Crippen LogP contribution >= 0.6 is 9.24 Å². The van der Waals surface area contributed by atoms with Gasteiger partial charge in [0.2, 0.25) is 0 Å². The molecule has 0 aliphatic carbocycles. The van der Waals surface area contributed by atoms with Crippen LogP contribution in [-0.2, 0) is 0 Å². The molecule has 1 aromatic rings. The number of ether oxygens (including phenoxy) is 2. The molecule has 4 nitrogen and oxygen atoms in total. The summed E-state index contributed by atoms with van der Waals surface area (Å²) in [5.41, 5.74) is 1.10. The first-order valence-corrected chi connectivity index (χ1v) is 7.03. The molecule has 0 aliphatic heterocycles. The zero-order chi connectivity index (χ0) is 14.4. The van der Waals surface area contributed by atoms with E-state index in [1.807, 2.05) is 12.1 Å². The summed E-state index contributed by atoms with van der Waals surface area (Å²) in [6.45, 7) is 6.17. The fourth-order valence-electron chi connectivity index (χ4n) is 1.83. The van der Waals surface area contributed by atoms with Gasteiger partial charge in [-0.15, -0.1) is 0 Å². The summed E-state index contributed by atoms with van der Waals surface area (Å²) in [4.78, 5) is 2.20. The second-order valence-corrected chi connectivity index (χ2v) is 5.37. The van der Waals surface area contributed by atoms with Crippen LogP contribution in [0.1, 0.15) is 13.8 Å². The van der Waals surface area contributed by atoms with E-state index in [1.165, 1.54) is 0 Å². The van der Waals surface area contributed by atoms with Crippen molar-refractivity contribution in [1.82, 2.24) is 5.32 Å². The Hall–Kier alpha value is -0.990. The largest absolute Gasteiger partial charge is 0.497 e. The highest BCUT2D eigenvalue weighted by Crippen LogP contribution is 2.27. The number of methoxy groups -OCH3 is 2. The van der Waals surface area contributed by atoms with Crippen LogP contribution < -0.4 is 25.0 Å². The molecule has 0 heterocycles. The van der Waals surface area contributed by atoms with Crippen molar-refractivity contribution in [2.45, 2.75) is 19.9 Å². The number of anilines is 1. The van der Waals surface area contributed by atoms with Gasteiger partial charge in [-0.1, -0.05) is 23.1 Å². The summed E-state index contributed by atoms with van der Waals surface area (Å²) < 4.78 is 10.7. The molecular weight excluding hydrogens is 259 g/mol. The van der Waals surface area contributed by atoms with Crippen LogP contribution in [0.15, 0.2) is 12.1 Å². The Labute approximate surface area is 118 Å². The molecule has 1 unspecified atom stereocenters. The van der Waals surface area contributed by atoms with Crippen LogP contribution in [0.4, 0.5) is 5.69 Å². The molecule has 0 bridgehead atoms. The topological polar surface area (TPSA) is 33.7 Å². The summed E-state index contributed by atoms with van der Waals surface area (Å²) in [6.07, 6.45) is 0. The SMILES string of the molecule is COc1cc(OC)c(P)c(N(C)CCNC(C)C)c1. The van der Waals surface area contributed by atoms with Gasteiger partial charge in [-0.2, -0.15) is 0 Å². The van der Waals surface area contributed by atoms with Gasteiger partial charge in [-0.05, 0) is 0 Å². The van der Waals surface area contributed by atoms with Crippen molar-refractivity contribution in [2.24, 2.45) is 0 Å². The molecule has 0 aromatic heterocycles. The maximum Gasteiger partial charge on any atom is 0.131 e. The Balaban J connectivity index is 2.85. The highest BCUT2D eigenvalue weighted by atomic mass is 31.0. The molecule has 108 valence electrons. The maximum absolute atomic E-state index is 5.38. The summed E-state index contributed by atoms with van der Waals surface area (Å²) in [7, 11) is 8.16. The van der Waals surface area contributed by atoms with E-state index in [0.29, 0.717) is 6.04 Å². The molecule has 1 rings (SSSR count). The van der Waals surface area contributed by atoms with Crippen molar-refractivity contribution in [1.29, 1.82) is 0 Å². The third-order valence-electron chi connectivity index (χ3n) is 2.96. The summed E-state index contributed by atoms with van der Waals surface area (Å²) in [6, 6.07) is 4.43. The zero-order valence-electron chi connectivity index (χ0n) is 12.5. The molecule has 1 N–H and O–H groups in total. The van der Waals surface area contributed by atoms with Crippen molar-refractivity contribution in [2.75, 3.05) is 39.3 Å². The number of nitrogens with zero attached hydrogens (tertiary/aromatic N) is 1. The first-order chi connectivity index (χ1) is 8.99. The average Bonchev–Trinajstić information content (AvgIpc) is 2.38. The van der Waals surface area contributed by atoms with E-state index < -0.39 is 0 Å². The van der Waals surface area contributed by atoms with E-state index >= 15 is 0 Å². The van der Waals surface area contributed by atoms with Gasteiger partial charge in [-0.3, -0.25) is 0 Å². The smallest absolute Gasteiger partial charge is 0.131 e. The lowest BCUT2D eigenvalue weighted by Gasteiger charge is -2.24. The van der Waals surface area contributed by atoms with Gasteiger partial charge in [0.25, 0.3) is 0 Å². The number of nitrogens with one attached hydrogen (secondary N) is 1. The van der Waals surface area contributed by atoms with Crippen molar-refractivity contribution >= 4 is 20.2 Å². The van der Waals surface area contributed by atoms with Crippen molar-refractivity contribution in [3.63, 3.8) is 0 Å². The predicted octanol–water partition coefficient (Wildman–Crippen LogP) is 1.64.